The molecule has 1 N–H and O–H groups in total. The van der Waals surface area contributed by atoms with E-state index in [1.807, 2.05) is 14.0 Å². The topological polar surface area (TPSA) is 27.6 Å². The number of benzene rings is 1. The van der Waals surface area contributed by atoms with Crippen molar-refractivity contribution in [2.45, 2.75) is 20.4 Å². The molecule has 0 aliphatic carbocycles. The van der Waals surface area contributed by atoms with Crippen molar-refractivity contribution in [2.75, 3.05) is 20.1 Å². The first kappa shape index (κ1) is 14.1. The molecule has 3 heteroatoms. The molecule has 1 rings (SSSR count). The molecule has 0 aliphatic rings. The molecule has 0 aromatic heterocycles. The molecule has 0 fully saturated rings. The molecule has 3 nitrogen and oxygen atoms in total. The van der Waals surface area contributed by atoms with Crippen molar-refractivity contribution in [1.82, 2.24) is 10.2 Å². The highest BCUT2D eigenvalue weighted by atomic mass is 15.3. The van der Waals surface area contributed by atoms with Gasteiger partial charge in [0.1, 0.15) is 6.54 Å². The van der Waals surface area contributed by atoms with Gasteiger partial charge in [-0.3, -0.25) is 0 Å². The first-order chi connectivity index (χ1) is 8.67. The normalized spacial score (nSPS) is 10.9. The Morgan fingerprint density at radius 3 is 2.61 bits per heavy atom. The van der Waals surface area contributed by atoms with E-state index >= 15 is 0 Å². The van der Waals surface area contributed by atoms with Crippen molar-refractivity contribution < 1.29 is 0 Å². The van der Waals surface area contributed by atoms with Gasteiger partial charge in [-0.25, -0.2) is 4.99 Å². The van der Waals surface area contributed by atoms with Gasteiger partial charge in [-0.1, -0.05) is 35.7 Å². The molecule has 1 aromatic carbocycles. The SMILES string of the molecule is C#CCN=C(NCC)N(C)Cc1ccc(C)cc1. The van der Waals surface area contributed by atoms with Gasteiger partial charge < -0.3 is 10.2 Å². The first-order valence-corrected chi connectivity index (χ1v) is 6.15. The van der Waals surface area contributed by atoms with E-state index in [1.165, 1.54) is 11.1 Å². The number of terminal acetylenes is 1. The number of rotatable bonds is 4. The molecule has 0 saturated heterocycles. The lowest BCUT2D eigenvalue weighted by molar-refractivity contribution is 0.478. The van der Waals surface area contributed by atoms with E-state index in [0.717, 1.165) is 19.0 Å². The van der Waals surface area contributed by atoms with Crippen LogP contribution in [0, 0.1) is 19.3 Å². The second kappa shape index (κ2) is 7.39. The Kier molecular flexibility index (Phi) is 5.79. The minimum absolute atomic E-state index is 0.403. The van der Waals surface area contributed by atoms with Gasteiger partial charge >= 0.3 is 0 Å². The number of nitrogens with one attached hydrogen (secondary N) is 1. The average Bonchev–Trinajstić information content (AvgIpc) is 2.37. The van der Waals surface area contributed by atoms with E-state index in [2.05, 4.69) is 52.3 Å². The highest BCUT2D eigenvalue weighted by Crippen LogP contribution is 2.05. The van der Waals surface area contributed by atoms with Crippen LogP contribution in [0.3, 0.4) is 0 Å². The maximum atomic E-state index is 5.24. The fraction of sp³-hybridized carbons (Fsp3) is 0.400. The predicted molar refractivity (Wildman–Crippen MR) is 77.5 cm³/mol. The minimum atomic E-state index is 0.403. The molecule has 0 saturated carbocycles. The van der Waals surface area contributed by atoms with Crippen molar-refractivity contribution in [1.29, 1.82) is 0 Å². The van der Waals surface area contributed by atoms with Crippen molar-refractivity contribution in [3.63, 3.8) is 0 Å². The van der Waals surface area contributed by atoms with Gasteiger partial charge in [0.2, 0.25) is 0 Å². The van der Waals surface area contributed by atoms with Crippen LogP contribution < -0.4 is 5.32 Å². The number of aryl methyl sites for hydroxylation is 1. The summed E-state index contributed by atoms with van der Waals surface area (Å²) in [5.41, 5.74) is 2.53. The van der Waals surface area contributed by atoms with Crippen molar-refractivity contribution in [2.24, 2.45) is 4.99 Å². The number of hydrogen-bond acceptors (Lipinski definition) is 1. The molecule has 0 atom stereocenters. The van der Waals surface area contributed by atoms with Gasteiger partial charge in [-0.2, -0.15) is 0 Å². The summed E-state index contributed by atoms with van der Waals surface area (Å²) >= 11 is 0. The summed E-state index contributed by atoms with van der Waals surface area (Å²) in [6.45, 7) is 6.19. The Bertz CT molecular complexity index is 426. The van der Waals surface area contributed by atoms with Crippen LogP contribution in [0.4, 0.5) is 0 Å². The minimum Gasteiger partial charge on any atom is -0.356 e. The second-order valence-electron chi connectivity index (χ2n) is 4.22. The number of aliphatic imine (C=N–C) groups is 1. The molecule has 0 heterocycles. The maximum Gasteiger partial charge on any atom is 0.194 e. The highest BCUT2D eigenvalue weighted by molar-refractivity contribution is 5.79. The molecule has 0 unspecified atom stereocenters. The van der Waals surface area contributed by atoms with Crippen LogP contribution in [-0.2, 0) is 6.54 Å². The molecule has 0 spiro atoms. The van der Waals surface area contributed by atoms with Gasteiger partial charge in [-0.05, 0) is 19.4 Å². The molecule has 0 bridgehead atoms. The van der Waals surface area contributed by atoms with E-state index in [9.17, 15) is 0 Å². The highest BCUT2D eigenvalue weighted by Gasteiger charge is 2.05. The average molecular weight is 243 g/mol. The Balaban J connectivity index is 2.69. The molecular formula is C15H21N3. The second-order valence-corrected chi connectivity index (χ2v) is 4.22. The van der Waals surface area contributed by atoms with Gasteiger partial charge in [0.25, 0.3) is 0 Å². The zero-order valence-corrected chi connectivity index (χ0v) is 11.4. The third-order valence-corrected chi connectivity index (χ3v) is 2.56. The van der Waals surface area contributed by atoms with Crippen molar-refractivity contribution in [3.05, 3.63) is 35.4 Å². The summed E-state index contributed by atoms with van der Waals surface area (Å²) in [6.07, 6.45) is 5.24. The fourth-order valence-corrected chi connectivity index (χ4v) is 1.63. The summed E-state index contributed by atoms with van der Waals surface area (Å²) in [4.78, 5) is 6.42. The molecular weight excluding hydrogens is 222 g/mol. The van der Waals surface area contributed by atoms with Gasteiger partial charge in [0.15, 0.2) is 5.96 Å². The van der Waals surface area contributed by atoms with E-state index in [1.54, 1.807) is 0 Å². The standard InChI is InChI=1S/C15H21N3/c1-5-11-17-15(16-6-2)18(4)12-14-9-7-13(3)8-10-14/h1,7-10H,6,11-12H2,2-4H3,(H,16,17). The summed E-state index contributed by atoms with van der Waals surface area (Å²) in [5, 5.41) is 3.23. The monoisotopic (exact) mass is 243 g/mol. The number of hydrogen-bond donors (Lipinski definition) is 1. The Morgan fingerprint density at radius 1 is 1.39 bits per heavy atom. The lowest BCUT2D eigenvalue weighted by Crippen LogP contribution is -2.38. The summed E-state index contributed by atoms with van der Waals surface area (Å²) in [5.74, 6) is 3.37. The molecule has 18 heavy (non-hydrogen) atoms. The van der Waals surface area contributed by atoms with E-state index < -0.39 is 0 Å². The zero-order valence-electron chi connectivity index (χ0n) is 11.4. The van der Waals surface area contributed by atoms with Crippen LogP contribution in [-0.4, -0.2) is 31.0 Å². The van der Waals surface area contributed by atoms with Gasteiger partial charge in [0, 0.05) is 20.1 Å². The van der Waals surface area contributed by atoms with Crippen LogP contribution in [0.1, 0.15) is 18.1 Å². The van der Waals surface area contributed by atoms with Crippen LogP contribution in [0.25, 0.3) is 0 Å². The van der Waals surface area contributed by atoms with E-state index in [-0.39, 0.29) is 0 Å². The smallest absolute Gasteiger partial charge is 0.194 e. The van der Waals surface area contributed by atoms with E-state index in [0.29, 0.717) is 6.54 Å². The van der Waals surface area contributed by atoms with Gasteiger partial charge in [-0.15, -0.1) is 6.42 Å². The third-order valence-electron chi connectivity index (χ3n) is 2.56. The lowest BCUT2D eigenvalue weighted by Gasteiger charge is -2.21. The summed E-state index contributed by atoms with van der Waals surface area (Å²) < 4.78 is 0. The Morgan fingerprint density at radius 2 is 2.06 bits per heavy atom. The van der Waals surface area contributed by atoms with E-state index in [4.69, 9.17) is 6.42 Å². The third kappa shape index (κ3) is 4.50. The zero-order chi connectivity index (χ0) is 13.4. The Hall–Kier alpha value is -1.95. The molecule has 1 aromatic rings. The van der Waals surface area contributed by atoms with Gasteiger partial charge in [0.05, 0.1) is 0 Å². The number of guanidine groups is 1. The first-order valence-electron chi connectivity index (χ1n) is 6.15. The number of nitrogens with zero attached hydrogens (tertiary/aromatic N) is 2. The van der Waals surface area contributed by atoms with Crippen molar-refractivity contribution >= 4 is 5.96 Å². The largest absolute Gasteiger partial charge is 0.356 e. The summed E-state index contributed by atoms with van der Waals surface area (Å²) in [7, 11) is 2.01. The molecule has 0 aliphatic heterocycles. The van der Waals surface area contributed by atoms with Crippen LogP contribution in [0.15, 0.2) is 29.3 Å². The fourth-order valence-electron chi connectivity index (χ4n) is 1.63. The van der Waals surface area contributed by atoms with Crippen LogP contribution >= 0.6 is 0 Å². The maximum absolute atomic E-state index is 5.24. The Labute approximate surface area is 110 Å². The quantitative estimate of drug-likeness (QED) is 0.498. The van der Waals surface area contributed by atoms with Crippen LogP contribution in [0.5, 0.6) is 0 Å². The predicted octanol–water partition coefficient (Wildman–Crippen LogP) is 2.03. The van der Waals surface area contributed by atoms with Crippen molar-refractivity contribution in [3.8, 4) is 12.3 Å². The molecule has 0 radical (unpaired) electrons. The van der Waals surface area contributed by atoms with Crippen LogP contribution in [0.2, 0.25) is 0 Å². The lowest BCUT2D eigenvalue weighted by atomic mass is 10.1. The molecule has 0 amide bonds. The summed E-state index contributed by atoms with van der Waals surface area (Å²) in [6, 6.07) is 8.51. The molecule has 96 valence electrons.